The van der Waals surface area contributed by atoms with Gasteiger partial charge >= 0.3 is 0 Å². The fourth-order valence-corrected chi connectivity index (χ4v) is 3.00. The van der Waals surface area contributed by atoms with Gasteiger partial charge in [-0.15, -0.1) is 0 Å². The third-order valence-corrected chi connectivity index (χ3v) is 4.19. The number of methoxy groups -OCH3 is 1. The van der Waals surface area contributed by atoms with E-state index in [1.54, 1.807) is 6.07 Å². The van der Waals surface area contributed by atoms with Crippen LogP contribution in [0.25, 0.3) is 0 Å². The van der Waals surface area contributed by atoms with Crippen molar-refractivity contribution in [2.24, 2.45) is 0 Å². The molecule has 1 saturated heterocycles. The smallest absolute Gasteiger partial charge is 0.179 e. The van der Waals surface area contributed by atoms with Gasteiger partial charge in [0.15, 0.2) is 9.84 Å². The Balaban J connectivity index is 2.40. The van der Waals surface area contributed by atoms with Gasteiger partial charge in [0.1, 0.15) is 10.6 Å². The Kier molecular flexibility index (Phi) is 3.40. The second-order valence-corrected chi connectivity index (χ2v) is 6.32. The van der Waals surface area contributed by atoms with Gasteiger partial charge in [-0.2, -0.15) is 0 Å². The number of ether oxygens (including phenoxy) is 1. The first kappa shape index (κ1) is 12.4. The molecule has 1 unspecified atom stereocenters. The van der Waals surface area contributed by atoms with Crippen LogP contribution in [0.4, 0.5) is 0 Å². The lowest BCUT2D eigenvalue weighted by Gasteiger charge is -2.14. The minimum Gasteiger partial charge on any atom is -0.495 e. The topological polar surface area (TPSA) is 55.4 Å². The van der Waals surface area contributed by atoms with Crippen LogP contribution in [0.1, 0.15) is 24.4 Å². The summed E-state index contributed by atoms with van der Waals surface area (Å²) >= 11 is 0. The molecule has 1 heterocycles. The van der Waals surface area contributed by atoms with Crippen molar-refractivity contribution in [3.63, 3.8) is 0 Å². The zero-order valence-electron chi connectivity index (χ0n) is 10.1. The number of rotatable bonds is 3. The maximum atomic E-state index is 11.5. The molecule has 17 heavy (non-hydrogen) atoms. The molecule has 0 bridgehead atoms. The van der Waals surface area contributed by atoms with Crippen molar-refractivity contribution >= 4 is 9.84 Å². The SMILES string of the molecule is COc1cc(C2CCCN2)ccc1S(C)(=O)=O. The Morgan fingerprint density at radius 2 is 2.18 bits per heavy atom. The molecule has 94 valence electrons. The van der Waals surface area contributed by atoms with E-state index in [0.717, 1.165) is 24.9 Å². The molecule has 1 aliphatic rings. The molecule has 1 atom stereocenters. The molecule has 1 aromatic rings. The molecule has 0 aromatic heterocycles. The number of sulfone groups is 1. The molecule has 0 radical (unpaired) electrons. The van der Waals surface area contributed by atoms with Crippen molar-refractivity contribution in [3.05, 3.63) is 23.8 Å². The summed E-state index contributed by atoms with van der Waals surface area (Å²) in [4.78, 5) is 0.252. The van der Waals surface area contributed by atoms with E-state index >= 15 is 0 Å². The summed E-state index contributed by atoms with van der Waals surface area (Å²) in [6.45, 7) is 1.01. The van der Waals surface area contributed by atoms with Crippen LogP contribution in [-0.4, -0.2) is 28.3 Å². The average molecular weight is 255 g/mol. The van der Waals surface area contributed by atoms with Gasteiger partial charge in [-0.05, 0) is 37.1 Å². The van der Waals surface area contributed by atoms with E-state index in [9.17, 15) is 8.42 Å². The second-order valence-electron chi connectivity index (χ2n) is 4.33. The van der Waals surface area contributed by atoms with Gasteiger partial charge in [0.05, 0.1) is 7.11 Å². The summed E-state index contributed by atoms with van der Waals surface area (Å²) in [6.07, 6.45) is 3.43. The Bertz CT molecular complexity index is 504. The highest BCUT2D eigenvalue weighted by Crippen LogP contribution is 2.30. The van der Waals surface area contributed by atoms with E-state index < -0.39 is 9.84 Å². The van der Waals surface area contributed by atoms with Crippen molar-refractivity contribution in [2.45, 2.75) is 23.8 Å². The van der Waals surface area contributed by atoms with Gasteiger partial charge in [-0.25, -0.2) is 8.42 Å². The van der Waals surface area contributed by atoms with Gasteiger partial charge in [-0.3, -0.25) is 0 Å². The van der Waals surface area contributed by atoms with E-state index in [1.165, 1.54) is 13.4 Å². The van der Waals surface area contributed by atoms with Crippen molar-refractivity contribution < 1.29 is 13.2 Å². The largest absolute Gasteiger partial charge is 0.495 e. The Morgan fingerprint density at radius 1 is 1.41 bits per heavy atom. The van der Waals surface area contributed by atoms with Crippen LogP contribution in [0, 0.1) is 0 Å². The standard InChI is InChI=1S/C12H17NO3S/c1-16-11-8-9(10-4-3-7-13-10)5-6-12(11)17(2,14)15/h5-6,8,10,13H,3-4,7H2,1-2H3. The summed E-state index contributed by atoms with van der Waals surface area (Å²) in [6, 6.07) is 5.63. The van der Waals surface area contributed by atoms with Crippen molar-refractivity contribution in [3.8, 4) is 5.75 Å². The lowest BCUT2D eigenvalue weighted by atomic mass is 10.1. The van der Waals surface area contributed by atoms with Gasteiger partial charge in [-0.1, -0.05) is 6.07 Å². The highest BCUT2D eigenvalue weighted by molar-refractivity contribution is 7.90. The molecule has 4 nitrogen and oxygen atoms in total. The first-order valence-electron chi connectivity index (χ1n) is 5.64. The van der Waals surface area contributed by atoms with E-state index in [-0.39, 0.29) is 4.90 Å². The molecule has 1 aliphatic heterocycles. The summed E-state index contributed by atoms with van der Waals surface area (Å²) in [5.74, 6) is 0.429. The van der Waals surface area contributed by atoms with E-state index in [2.05, 4.69) is 5.32 Å². The van der Waals surface area contributed by atoms with Crippen LogP contribution in [0.15, 0.2) is 23.1 Å². The average Bonchev–Trinajstić information content (AvgIpc) is 2.80. The number of benzene rings is 1. The van der Waals surface area contributed by atoms with Crippen LogP contribution < -0.4 is 10.1 Å². The minimum atomic E-state index is -3.23. The van der Waals surface area contributed by atoms with E-state index in [1.807, 2.05) is 12.1 Å². The number of hydrogen-bond donors (Lipinski definition) is 1. The summed E-state index contributed by atoms with van der Waals surface area (Å²) in [7, 11) is -1.74. The molecule has 5 heteroatoms. The molecule has 0 amide bonds. The van der Waals surface area contributed by atoms with Crippen molar-refractivity contribution in [1.29, 1.82) is 0 Å². The lowest BCUT2D eigenvalue weighted by Crippen LogP contribution is -2.13. The van der Waals surface area contributed by atoms with Crippen LogP contribution in [-0.2, 0) is 9.84 Å². The second kappa shape index (κ2) is 4.66. The molecular weight excluding hydrogens is 238 g/mol. The quantitative estimate of drug-likeness (QED) is 0.889. The first-order valence-corrected chi connectivity index (χ1v) is 7.53. The van der Waals surface area contributed by atoms with E-state index in [0.29, 0.717) is 11.8 Å². The Labute approximate surface area is 102 Å². The monoisotopic (exact) mass is 255 g/mol. The van der Waals surface area contributed by atoms with Crippen molar-refractivity contribution in [2.75, 3.05) is 19.9 Å². The minimum absolute atomic E-state index is 0.252. The van der Waals surface area contributed by atoms with E-state index in [4.69, 9.17) is 4.74 Å². The molecule has 1 fully saturated rings. The van der Waals surface area contributed by atoms with Gasteiger partial charge in [0.25, 0.3) is 0 Å². The Morgan fingerprint density at radius 3 is 2.71 bits per heavy atom. The summed E-state index contributed by atoms with van der Waals surface area (Å²) in [5.41, 5.74) is 1.09. The molecule has 2 rings (SSSR count). The molecular formula is C12H17NO3S. The lowest BCUT2D eigenvalue weighted by molar-refractivity contribution is 0.401. The van der Waals surface area contributed by atoms with Crippen molar-refractivity contribution in [1.82, 2.24) is 5.32 Å². The third kappa shape index (κ3) is 2.61. The van der Waals surface area contributed by atoms with Gasteiger partial charge < -0.3 is 10.1 Å². The maximum absolute atomic E-state index is 11.5. The zero-order valence-corrected chi connectivity index (χ0v) is 10.9. The predicted molar refractivity (Wildman–Crippen MR) is 66.1 cm³/mol. The zero-order chi connectivity index (χ0) is 12.5. The summed E-state index contributed by atoms with van der Waals surface area (Å²) < 4.78 is 28.3. The van der Waals surface area contributed by atoms with Crippen LogP contribution in [0.3, 0.4) is 0 Å². The molecule has 0 spiro atoms. The summed E-state index contributed by atoms with van der Waals surface area (Å²) in [5, 5.41) is 3.38. The fourth-order valence-electron chi connectivity index (χ4n) is 2.18. The Hall–Kier alpha value is -1.07. The molecule has 1 N–H and O–H groups in total. The van der Waals surface area contributed by atoms with Gasteiger partial charge in [0.2, 0.25) is 0 Å². The highest BCUT2D eigenvalue weighted by Gasteiger charge is 2.20. The van der Waals surface area contributed by atoms with Crippen LogP contribution >= 0.6 is 0 Å². The maximum Gasteiger partial charge on any atom is 0.179 e. The molecule has 1 aromatic carbocycles. The fraction of sp³-hybridized carbons (Fsp3) is 0.500. The predicted octanol–water partition coefficient (Wildman–Crippen LogP) is 1.52. The number of nitrogens with one attached hydrogen (secondary N) is 1. The number of hydrogen-bond acceptors (Lipinski definition) is 4. The first-order chi connectivity index (χ1) is 8.02. The highest BCUT2D eigenvalue weighted by atomic mass is 32.2. The van der Waals surface area contributed by atoms with Crippen LogP contribution in [0.5, 0.6) is 5.75 Å². The third-order valence-electron chi connectivity index (χ3n) is 3.05. The molecule has 0 aliphatic carbocycles. The molecule has 0 saturated carbocycles. The van der Waals surface area contributed by atoms with Crippen LogP contribution in [0.2, 0.25) is 0 Å². The normalized spacial score (nSPS) is 20.5. The van der Waals surface area contributed by atoms with Gasteiger partial charge in [0, 0.05) is 12.3 Å².